The van der Waals surface area contributed by atoms with E-state index < -0.39 is 0 Å². The third-order valence-electron chi connectivity index (χ3n) is 2.81. The van der Waals surface area contributed by atoms with Crippen molar-refractivity contribution in [2.75, 3.05) is 5.73 Å². The fourth-order valence-corrected chi connectivity index (χ4v) is 2.58. The number of thiazole rings is 1. The molecule has 0 spiro atoms. The molecule has 0 aliphatic rings. The molecule has 4 nitrogen and oxygen atoms in total. The van der Waals surface area contributed by atoms with Gasteiger partial charge in [-0.25, -0.2) is 4.98 Å². The highest BCUT2D eigenvalue weighted by Gasteiger charge is 2.15. The molecule has 0 aliphatic heterocycles. The smallest absolute Gasteiger partial charge is 0.253 e. The van der Waals surface area contributed by atoms with Crippen molar-refractivity contribution >= 4 is 22.9 Å². The number of nitrogens with one attached hydrogen (secondary N) is 1. The van der Waals surface area contributed by atoms with E-state index in [0.29, 0.717) is 11.3 Å². The Labute approximate surface area is 116 Å². The van der Waals surface area contributed by atoms with Crippen molar-refractivity contribution in [3.8, 4) is 0 Å². The molecule has 0 fully saturated rings. The molecule has 5 heteroatoms. The second-order valence-corrected chi connectivity index (χ2v) is 5.50. The molecule has 19 heavy (non-hydrogen) atoms. The third kappa shape index (κ3) is 3.12. The highest BCUT2D eigenvalue weighted by Crippen LogP contribution is 2.19. The van der Waals surface area contributed by atoms with Crippen molar-refractivity contribution < 1.29 is 4.79 Å². The van der Waals surface area contributed by atoms with Gasteiger partial charge in [0, 0.05) is 16.8 Å². The quantitative estimate of drug-likeness (QED) is 0.846. The second kappa shape index (κ2) is 5.40. The Morgan fingerprint density at radius 3 is 2.79 bits per heavy atom. The van der Waals surface area contributed by atoms with Gasteiger partial charge in [-0.1, -0.05) is 11.6 Å². The normalized spacial score (nSPS) is 12.2. The van der Waals surface area contributed by atoms with E-state index in [4.69, 9.17) is 5.73 Å². The number of aromatic nitrogens is 1. The first-order chi connectivity index (χ1) is 8.97. The summed E-state index contributed by atoms with van der Waals surface area (Å²) in [6.45, 7) is 5.79. The van der Waals surface area contributed by atoms with Crippen LogP contribution in [0.4, 0.5) is 5.69 Å². The molecule has 1 aromatic heterocycles. The summed E-state index contributed by atoms with van der Waals surface area (Å²) in [7, 11) is 0. The Kier molecular flexibility index (Phi) is 3.85. The highest BCUT2D eigenvalue weighted by molar-refractivity contribution is 7.09. The number of amides is 1. The number of nitrogens with zero attached hydrogens (tertiary/aromatic N) is 1. The molecule has 0 radical (unpaired) electrons. The van der Waals surface area contributed by atoms with Crippen LogP contribution in [-0.2, 0) is 0 Å². The summed E-state index contributed by atoms with van der Waals surface area (Å²) in [5.74, 6) is -0.165. The second-order valence-electron chi connectivity index (χ2n) is 4.61. The van der Waals surface area contributed by atoms with Crippen LogP contribution in [0.25, 0.3) is 0 Å². The van der Waals surface area contributed by atoms with Gasteiger partial charge in [0.15, 0.2) is 0 Å². The predicted molar refractivity (Wildman–Crippen MR) is 78.3 cm³/mol. The van der Waals surface area contributed by atoms with Gasteiger partial charge in [-0.15, -0.1) is 11.3 Å². The molecule has 0 aliphatic carbocycles. The van der Waals surface area contributed by atoms with Gasteiger partial charge < -0.3 is 11.1 Å². The lowest BCUT2D eigenvalue weighted by Crippen LogP contribution is -2.27. The zero-order chi connectivity index (χ0) is 14.0. The first-order valence-corrected chi connectivity index (χ1v) is 6.94. The summed E-state index contributed by atoms with van der Waals surface area (Å²) in [5, 5.41) is 5.79. The first-order valence-electron chi connectivity index (χ1n) is 6.06. The molecule has 0 saturated heterocycles. The van der Waals surface area contributed by atoms with E-state index in [1.165, 1.54) is 0 Å². The predicted octanol–water partition coefficient (Wildman–Crippen LogP) is 2.83. The fourth-order valence-electron chi connectivity index (χ4n) is 1.77. The number of hydrogen-bond donors (Lipinski definition) is 2. The lowest BCUT2D eigenvalue weighted by molar-refractivity contribution is 0.0940. The van der Waals surface area contributed by atoms with E-state index in [2.05, 4.69) is 10.3 Å². The van der Waals surface area contributed by atoms with E-state index in [0.717, 1.165) is 16.3 Å². The molecule has 1 heterocycles. The average Bonchev–Trinajstić information content (AvgIpc) is 2.79. The maximum Gasteiger partial charge on any atom is 0.253 e. The first kappa shape index (κ1) is 13.5. The van der Waals surface area contributed by atoms with Crippen molar-refractivity contribution in [2.45, 2.75) is 26.8 Å². The van der Waals surface area contributed by atoms with E-state index >= 15 is 0 Å². The molecule has 1 unspecified atom stereocenters. The number of hydrogen-bond acceptors (Lipinski definition) is 4. The monoisotopic (exact) mass is 275 g/mol. The van der Waals surface area contributed by atoms with Crippen LogP contribution in [0.5, 0.6) is 0 Å². The zero-order valence-electron chi connectivity index (χ0n) is 11.2. The van der Waals surface area contributed by atoms with Gasteiger partial charge in [0.25, 0.3) is 5.91 Å². The lowest BCUT2D eigenvalue weighted by atomic mass is 10.1. The fraction of sp³-hybridized carbons (Fsp3) is 0.286. The minimum Gasteiger partial charge on any atom is -0.398 e. The number of carbonyl (C=O) groups is 1. The summed E-state index contributed by atoms with van der Waals surface area (Å²) in [6.07, 6.45) is 0. The molecule has 0 bridgehead atoms. The van der Waals surface area contributed by atoms with Gasteiger partial charge in [-0.05, 0) is 32.9 Å². The number of nitrogen functional groups attached to an aromatic ring is 1. The Morgan fingerprint density at radius 1 is 1.42 bits per heavy atom. The number of benzene rings is 1. The Morgan fingerprint density at radius 2 is 2.16 bits per heavy atom. The molecule has 1 amide bonds. The summed E-state index contributed by atoms with van der Waals surface area (Å²) >= 11 is 1.55. The molecular formula is C14H17N3OS. The molecule has 3 N–H and O–H groups in total. The van der Waals surface area contributed by atoms with Crippen LogP contribution in [-0.4, -0.2) is 10.9 Å². The van der Waals surface area contributed by atoms with Crippen LogP contribution < -0.4 is 11.1 Å². The summed E-state index contributed by atoms with van der Waals surface area (Å²) in [6, 6.07) is 5.32. The van der Waals surface area contributed by atoms with E-state index in [1.54, 1.807) is 23.5 Å². The number of aryl methyl sites for hydroxylation is 2. The third-order valence-corrected chi connectivity index (χ3v) is 3.95. The molecule has 2 rings (SSSR count). The molecular weight excluding hydrogens is 258 g/mol. The summed E-state index contributed by atoms with van der Waals surface area (Å²) in [4.78, 5) is 16.6. The van der Waals surface area contributed by atoms with Crippen molar-refractivity contribution in [1.29, 1.82) is 0 Å². The van der Waals surface area contributed by atoms with Crippen molar-refractivity contribution in [3.63, 3.8) is 0 Å². The maximum atomic E-state index is 12.2. The van der Waals surface area contributed by atoms with Gasteiger partial charge in [0.1, 0.15) is 5.01 Å². The topological polar surface area (TPSA) is 68.0 Å². The highest BCUT2D eigenvalue weighted by atomic mass is 32.1. The van der Waals surface area contributed by atoms with Gasteiger partial charge in [0.05, 0.1) is 11.6 Å². The number of carbonyl (C=O) groups excluding carboxylic acids is 1. The molecule has 0 saturated carbocycles. The number of rotatable bonds is 3. The van der Waals surface area contributed by atoms with E-state index in [-0.39, 0.29) is 11.9 Å². The Balaban J connectivity index is 2.15. The molecule has 1 aromatic carbocycles. The standard InChI is InChI=1S/C14H17N3OS/c1-8-4-5-12(15)11(6-8)13(18)17-10(3)14-16-9(2)7-19-14/h4-7,10H,15H2,1-3H3,(H,17,18). The maximum absolute atomic E-state index is 12.2. The van der Waals surface area contributed by atoms with Crippen LogP contribution in [0.1, 0.15) is 39.6 Å². The van der Waals surface area contributed by atoms with E-state index in [9.17, 15) is 4.79 Å². The number of anilines is 1. The number of nitrogens with two attached hydrogens (primary N) is 1. The summed E-state index contributed by atoms with van der Waals surface area (Å²) in [5.41, 5.74) is 8.82. The van der Waals surface area contributed by atoms with Crippen LogP contribution in [0.15, 0.2) is 23.6 Å². The molecule has 1 atom stereocenters. The van der Waals surface area contributed by atoms with Gasteiger partial charge >= 0.3 is 0 Å². The average molecular weight is 275 g/mol. The lowest BCUT2D eigenvalue weighted by Gasteiger charge is -2.13. The molecule has 100 valence electrons. The minimum absolute atomic E-state index is 0.119. The Hall–Kier alpha value is -1.88. The zero-order valence-corrected chi connectivity index (χ0v) is 12.0. The van der Waals surface area contributed by atoms with Crippen molar-refractivity contribution in [1.82, 2.24) is 10.3 Å². The largest absolute Gasteiger partial charge is 0.398 e. The van der Waals surface area contributed by atoms with Crippen LogP contribution in [0.2, 0.25) is 0 Å². The Bertz CT molecular complexity index is 606. The van der Waals surface area contributed by atoms with E-state index in [1.807, 2.05) is 32.2 Å². The molecule has 2 aromatic rings. The van der Waals surface area contributed by atoms with Gasteiger partial charge in [0.2, 0.25) is 0 Å². The van der Waals surface area contributed by atoms with Crippen LogP contribution >= 0.6 is 11.3 Å². The van der Waals surface area contributed by atoms with Crippen LogP contribution in [0.3, 0.4) is 0 Å². The van der Waals surface area contributed by atoms with Crippen molar-refractivity contribution in [2.24, 2.45) is 0 Å². The van der Waals surface area contributed by atoms with Crippen molar-refractivity contribution in [3.05, 3.63) is 45.4 Å². The minimum atomic E-state index is -0.165. The SMILES string of the molecule is Cc1ccc(N)c(C(=O)NC(C)c2nc(C)cs2)c1. The van der Waals surface area contributed by atoms with Crippen LogP contribution in [0, 0.1) is 13.8 Å². The van der Waals surface area contributed by atoms with Gasteiger partial charge in [-0.3, -0.25) is 4.79 Å². The van der Waals surface area contributed by atoms with Gasteiger partial charge in [-0.2, -0.15) is 0 Å². The summed E-state index contributed by atoms with van der Waals surface area (Å²) < 4.78 is 0.